The predicted molar refractivity (Wildman–Crippen MR) is 157 cm³/mol. The Morgan fingerprint density at radius 3 is 2.15 bits per heavy atom. The van der Waals surface area contributed by atoms with Crippen molar-refractivity contribution in [1.82, 2.24) is 15.5 Å². The van der Waals surface area contributed by atoms with E-state index in [0.29, 0.717) is 18.5 Å². The molecule has 3 amide bonds. The standard InChI is InChI=1S/C31H51N3O6/c1-10-11-12-13-14-15-18-34(29(37)26(21(2)3)33-30(38)40-31(6,7)8)27(28(36)32-20-25(35)39-9)24-17-16-22(4)19-23(24)5/h16-17,19,21,26-27H,10-15,18,20H2,1-9H3,(H,32,36)(H,33,38). The van der Waals surface area contributed by atoms with Gasteiger partial charge in [0.25, 0.3) is 0 Å². The molecule has 1 aromatic rings. The number of hydrogen-bond acceptors (Lipinski definition) is 6. The highest BCUT2D eigenvalue weighted by molar-refractivity contribution is 5.93. The van der Waals surface area contributed by atoms with Crippen LogP contribution in [0.3, 0.4) is 0 Å². The third-order valence-electron chi connectivity index (χ3n) is 6.56. The zero-order valence-electron chi connectivity index (χ0n) is 26.0. The third kappa shape index (κ3) is 12.0. The molecule has 0 spiro atoms. The number of nitrogens with one attached hydrogen (secondary N) is 2. The number of rotatable bonds is 15. The number of methoxy groups -OCH3 is 1. The van der Waals surface area contributed by atoms with Crippen molar-refractivity contribution in [2.24, 2.45) is 5.92 Å². The molecule has 2 unspecified atom stereocenters. The third-order valence-corrected chi connectivity index (χ3v) is 6.56. The summed E-state index contributed by atoms with van der Waals surface area (Å²) >= 11 is 0. The number of carbonyl (C=O) groups is 4. The number of ether oxygens (including phenoxy) is 2. The molecule has 2 N–H and O–H groups in total. The van der Waals surface area contributed by atoms with Gasteiger partial charge in [0.05, 0.1) is 7.11 Å². The Kier molecular flexibility index (Phi) is 14.7. The molecule has 226 valence electrons. The Morgan fingerprint density at radius 1 is 0.975 bits per heavy atom. The lowest BCUT2D eigenvalue weighted by molar-refractivity contribution is -0.145. The molecule has 0 fully saturated rings. The summed E-state index contributed by atoms with van der Waals surface area (Å²) in [4.78, 5) is 54.0. The molecule has 0 aromatic heterocycles. The minimum atomic E-state index is -1.00. The summed E-state index contributed by atoms with van der Waals surface area (Å²) in [6.45, 7) is 15.0. The molecule has 0 heterocycles. The van der Waals surface area contributed by atoms with Gasteiger partial charge in [0.1, 0.15) is 24.2 Å². The van der Waals surface area contributed by atoms with Crippen molar-refractivity contribution in [3.63, 3.8) is 0 Å². The topological polar surface area (TPSA) is 114 Å². The Bertz CT molecular complexity index is 986. The number of amides is 3. The highest BCUT2D eigenvalue weighted by Crippen LogP contribution is 2.28. The van der Waals surface area contributed by atoms with E-state index in [9.17, 15) is 19.2 Å². The van der Waals surface area contributed by atoms with Crippen LogP contribution in [0.15, 0.2) is 18.2 Å². The van der Waals surface area contributed by atoms with E-state index in [-0.39, 0.29) is 18.4 Å². The van der Waals surface area contributed by atoms with Gasteiger partial charge < -0.3 is 25.0 Å². The number of unbranched alkanes of at least 4 members (excludes halogenated alkanes) is 5. The Labute approximate surface area is 240 Å². The van der Waals surface area contributed by atoms with Crippen LogP contribution in [0.25, 0.3) is 0 Å². The lowest BCUT2D eigenvalue weighted by Crippen LogP contribution is -2.55. The summed E-state index contributed by atoms with van der Waals surface area (Å²) < 4.78 is 10.1. The predicted octanol–water partition coefficient (Wildman–Crippen LogP) is 5.37. The number of hydrogen-bond donors (Lipinski definition) is 2. The average Bonchev–Trinajstić information content (AvgIpc) is 2.86. The first kappa shape index (κ1) is 34.9. The van der Waals surface area contributed by atoms with Crippen molar-refractivity contribution < 1.29 is 28.7 Å². The molecule has 0 bridgehead atoms. The molecule has 0 saturated carbocycles. The maximum absolute atomic E-state index is 14.2. The van der Waals surface area contributed by atoms with Crippen LogP contribution in [0.2, 0.25) is 0 Å². The lowest BCUT2D eigenvalue weighted by Gasteiger charge is -2.36. The van der Waals surface area contributed by atoms with Crippen LogP contribution in [0.4, 0.5) is 4.79 Å². The van der Waals surface area contributed by atoms with Gasteiger partial charge in [0, 0.05) is 6.54 Å². The van der Waals surface area contributed by atoms with Crippen LogP contribution < -0.4 is 10.6 Å². The Morgan fingerprint density at radius 2 is 1.60 bits per heavy atom. The van der Waals surface area contributed by atoms with Crippen LogP contribution >= 0.6 is 0 Å². The van der Waals surface area contributed by atoms with Crippen LogP contribution in [-0.4, -0.2) is 60.6 Å². The molecule has 2 atom stereocenters. The summed E-state index contributed by atoms with van der Waals surface area (Å²) in [5.74, 6) is -1.73. The van der Waals surface area contributed by atoms with Crippen molar-refractivity contribution in [3.8, 4) is 0 Å². The average molecular weight is 562 g/mol. The van der Waals surface area contributed by atoms with E-state index in [1.807, 2.05) is 45.9 Å². The largest absolute Gasteiger partial charge is 0.468 e. The first-order valence-corrected chi connectivity index (χ1v) is 14.4. The van der Waals surface area contributed by atoms with Gasteiger partial charge in [-0.2, -0.15) is 0 Å². The van der Waals surface area contributed by atoms with E-state index in [1.165, 1.54) is 7.11 Å². The second-order valence-electron chi connectivity index (χ2n) is 11.7. The number of benzene rings is 1. The fourth-order valence-corrected chi connectivity index (χ4v) is 4.47. The molecule has 9 nitrogen and oxygen atoms in total. The van der Waals surface area contributed by atoms with E-state index in [0.717, 1.165) is 43.2 Å². The molecular weight excluding hydrogens is 510 g/mol. The molecule has 40 heavy (non-hydrogen) atoms. The van der Waals surface area contributed by atoms with Gasteiger partial charge in [-0.05, 0) is 58.1 Å². The smallest absolute Gasteiger partial charge is 0.408 e. The van der Waals surface area contributed by atoms with Crippen molar-refractivity contribution in [2.75, 3.05) is 20.2 Å². The zero-order chi connectivity index (χ0) is 30.5. The van der Waals surface area contributed by atoms with Crippen molar-refractivity contribution >= 4 is 23.9 Å². The SMILES string of the molecule is CCCCCCCCN(C(=O)C(NC(=O)OC(C)(C)C)C(C)C)C(C(=O)NCC(=O)OC)c1ccc(C)cc1C. The van der Waals surface area contributed by atoms with Gasteiger partial charge >= 0.3 is 12.1 Å². The molecule has 1 aromatic carbocycles. The number of nitrogens with zero attached hydrogens (tertiary/aromatic N) is 1. The van der Waals surface area contributed by atoms with Crippen molar-refractivity contribution in [1.29, 1.82) is 0 Å². The number of aryl methyl sites for hydroxylation is 2. The summed E-state index contributed by atoms with van der Waals surface area (Å²) in [7, 11) is 1.25. The van der Waals surface area contributed by atoms with Gasteiger partial charge in [0.2, 0.25) is 11.8 Å². The maximum atomic E-state index is 14.2. The van der Waals surface area contributed by atoms with Gasteiger partial charge in [-0.3, -0.25) is 14.4 Å². The Hall–Kier alpha value is -3.10. The van der Waals surface area contributed by atoms with Gasteiger partial charge in [-0.25, -0.2) is 4.79 Å². The normalized spacial score (nSPS) is 12.8. The molecule has 0 aliphatic rings. The zero-order valence-corrected chi connectivity index (χ0v) is 26.0. The first-order valence-electron chi connectivity index (χ1n) is 14.4. The van der Waals surface area contributed by atoms with Gasteiger partial charge in [-0.15, -0.1) is 0 Å². The van der Waals surface area contributed by atoms with E-state index >= 15 is 0 Å². The summed E-state index contributed by atoms with van der Waals surface area (Å²) in [5, 5.41) is 5.39. The summed E-state index contributed by atoms with van der Waals surface area (Å²) in [6.07, 6.45) is 5.32. The number of alkyl carbamates (subject to hydrolysis) is 1. The van der Waals surface area contributed by atoms with E-state index in [4.69, 9.17) is 9.47 Å². The Balaban J connectivity index is 3.49. The van der Waals surface area contributed by atoms with E-state index in [1.54, 1.807) is 25.7 Å². The number of carbonyl (C=O) groups excluding carboxylic acids is 4. The molecule has 0 aliphatic carbocycles. The molecule has 0 aliphatic heterocycles. The van der Waals surface area contributed by atoms with Gasteiger partial charge in [0.15, 0.2) is 0 Å². The lowest BCUT2D eigenvalue weighted by atomic mass is 9.94. The van der Waals surface area contributed by atoms with E-state index < -0.39 is 35.7 Å². The van der Waals surface area contributed by atoms with Crippen LogP contribution in [0.1, 0.15) is 103 Å². The minimum Gasteiger partial charge on any atom is -0.468 e. The fraction of sp³-hybridized carbons (Fsp3) is 0.677. The monoisotopic (exact) mass is 561 g/mol. The molecular formula is C31H51N3O6. The van der Waals surface area contributed by atoms with Crippen LogP contribution in [0.5, 0.6) is 0 Å². The maximum Gasteiger partial charge on any atom is 0.408 e. The quantitative estimate of drug-likeness (QED) is 0.220. The molecule has 0 saturated heterocycles. The minimum absolute atomic E-state index is 0.273. The second-order valence-corrected chi connectivity index (χ2v) is 11.7. The summed E-state index contributed by atoms with van der Waals surface area (Å²) in [5.41, 5.74) is 1.80. The van der Waals surface area contributed by atoms with Crippen LogP contribution in [0, 0.1) is 19.8 Å². The molecule has 9 heteroatoms. The number of esters is 1. The highest BCUT2D eigenvalue weighted by Gasteiger charge is 2.38. The fourth-order valence-electron chi connectivity index (χ4n) is 4.47. The highest BCUT2D eigenvalue weighted by atomic mass is 16.6. The molecule has 0 radical (unpaired) electrons. The summed E-state index contributed by atoms with van der Waals surface area (Å²) in [6, 6.07) is 3.78. The van der Waals surface area contributed by atoms with Crippen molar-refractivity contribution in [3.05, 3.63) is 34.9 Å². The molecule has 1 rings (SSSR count). The van der Waals surface area contributed by atoms with Crippen LogP contribution in [-0.2, 0) is 23.9 Å². The first-order chi connectivity index (χ1) is 18.7. The van der Waals surface area contributed by atoms with Crippen molar-refractivity contribution in [2.45, 2.75) is 112 Å². The second kappa shape index (κ2) is 16.9. The van der Waals surface area contributed by atoms with E-state index in [2.05, 4.69) is 17.6 Å². The van der Waals surface area contributed by atoms with Gasteiger partial charge in [-0.1, -0.05) is 76.6 Å².